The molecule has 1 amide bonds. The zero-order valence-electron chi connectivity index (χ0n) is 9.61. The summed E-state index contributed by atoms with van der Waals surface area (Å²) in [7, 11) is 0. The van der Waals surface area contributed by atoms with E-state index in [0.717, 1.165) is 0 Å². The Bertz CT molecular complexity index is 395. The number of amides is 1. The van der Waals surface area contributed by atoms with Gasteiger partial charge >= 0.3 is 0 Å². The monoisotopic (exact) mass is 257 g/mol. The van der Waals surface area contributed by atoms with Crippen molar-refractivity contribution in [2.24, 2.45) is 5.92 Å². The predicted molar refractivity (Wildman–Crippen MR) is 66.1 cm³/mol. The molecule has 0 aliphatic heterocycles. The minimum Gasteiger partial charge on any atom is -0.508 e. The molecule has 4 nitrogen and oxygen atoms in total. The van der Waals surface area contributed by atoms with E-state index in [2.05, 4.69) is 5.32 Å². The van der Waals surface area contributed by atoms with Gasteiger partial charge in [-0.05, 0) is 23.6 Å². The maximum absolute atomic E-state index is 11.6. The molecule has 0 saturated carbocycles. The maximum atomic E-state index is 11.6. The van der Waals surface area contributed by atoms with E-state index in [-0.39, 0.29) is 30.6 Å². The molecule has 0 aliphatic rings. The van der Waals surface area contributed by atoms with Crippen LogP contribution in [-0.2, 0) is 11.2 Å². The largest absolute Gasteiger partial charge is 0.508 e. The first-order valence-corrected chi connectivity index (χ1v) is 5.75. The van der Waals surface area contributed by atoms with E-state index in [9.17, 15) is 4.79 Å². The number of carbonyl (C=O) groups excluding carboxylic acids is 1. The Morgan fingerprint density at radius 1 is 1.53 bits per heavy atom. The highest BCUT2D eigenvalue weighted by atomic mass is 35.5. The average molecular weight is 258 g/mol. The second-order valence-corrected chi connectivity index (χ2v) is 4.45. The molecule has 1 aromatic rings. The van der Waals surface area contributed by atoms with E-state index < -0.39 is 0 Å². The molecule has 0 aromatic heterocycles. The molecule has 0 spiro atoms. The third-order valence-electron chi connectivity index (χ3n) is 2.35. The van der Waals surface area contributed by atoms with Crippen LogP contribution in [0.4, 0.5) is 0 Å². The lowest BCUT2D eigenvalue weighted by atomic mass is 10.1. The highest BCUT2D eigenvalue weighted by Gasteiger charge is 2.08. The first kappa shape index (κ1) is 13.8. The van der Waals surface area contributed by atoms with Gasteiger partial charge in [0.05, 0.1) is 6.42 Å². The summed E-state index contributed by atoms with van der Waals surface area (Å²) in [6.07, 6.45) is 0.164. The van der Waals surface area contributed by atoms with Crippen molar-refractivity contribution in [2.75, 3.05) is 13.2 Å². The summed E-state index contributed by atoms with van der Waals surface area (Å²) >= 11 is 5.88. The Balaban J connectivity index is 2.50. The molecule has 17 heavy (non-hydrogen) atoms. The van der Waals surface area contributed by atoms with Crippen LogP contribution >= 0.6 is 11.6 Å². The number of carbonyl (C=O) groups is 1. The van der Waals surface area contributed by atoms with Gasteiger partial charge in [-0.15, -0.1) is 0 Å². The van der Waals surface area contributed by atoms with Gasteiger partial charge < -0.3 is 15.5 Å². The predicted octanol–water partition coefficient (Wildman–Crippen LogP) is 1.33. The Morgan fingerprint density at radius 2 is 2.24 bits per heavy atom. The summed E-state index contributed by atoms with van der Waals surface area (Å²) in [6, 6.07) is 4.51. The van der Waals surface area contributed by atoms with Gasteiger partial charge in [-0.1, -0.05) is 24.6 Å². The summed E-state index contributed by atoms with van der Waals surface area (Å²) in [4.78, 5) is 11.6. The molecule has 5 heteroatoms. The van der Waals surface area contributed by atoms with Crippen molar-refractivity contribution in [1.82, 2.24) is 5.32 Å². The third-order valence-corrected chi connectivity index (χ3v) is 2.70. The van der Waals surface area contributed by atoms with Crippen LogP contribution < -0.4 is 5.32 Å². The molecule has 0 fully saturated rings. The number of aromatic hydroxyl groups is 1. The number of hydrogen-bond acceptors (Lipinski definition) is 3. The summed E-state index contributed by atoms with van der Waals surface area (Å²) in [6.45, 7) is 2.32. The zero-order valence-corrected chi connectivity index (χ0v) is 10.4. The molecule has 0 bridgehead atoms. The van der Waals surface area contributed by atoms with Crippen molar-refractivity contribution < 1.29 is 15.0 Å². The van der Waals surface area contributed by atoms with Crippen molar-refractivity contribution in [3.63, 3.8) is 0 Å². The van der Waals surface area contributed by atoms with Crippen molar-refractivity contribution in [1.29, 1.82) is 0 Å². The molecule has 1 aromatic carbocycles. The number of phenols is 1. The molecule has 3 N–H and O–H groups in total. The molecule has 0 saturated heterocycles. The smallest absolute Gasteiger partial charge is 0.224 e. The molecule has 0 aliphatic carbocycles. The highest BCUT2D eigenvalue weighted by Crippen LogP contribution is 2.21. The van der Waals surface area contributed by atoms with Gasteiger partial charge in [0, 0.05) is 18.2 Å². The molecule has 1 atom stereocenters. The number of hydrogen-bond donors (Lipinski definition) is 3. The fourth-order valence-electron chi connectivity index (χ4n) is 1.27. The van der Waals surface area contributed by atoms with Crippen LogP contribution in [0.15, 0.2) is 18.2 Å². The summed E-state index contributed by atoms with van der Waals surface area (Å²) in [5, 5.41) is 21.1. The number of benzene rings is 1. The van der Waals surface area contributed by atoms with Gasteiger partial charge in [0.2, 0.25) is 5.91 Å². The first-order chi connectivity index (χ1) is 8.02. The Morgan fingerprint density at radius 3 is 2.82 bits per heavy atom. The van der Waals surface area contributed by atoms with Crippen molar-refractivity contribution >= 4 is 17.5 Å². The van der Waals surface area contributed by atoms with E-state index in [0.29, 0.717) is 17.1 Å². The zero-order chi connectivity index (χ0) is 12.8. The van der Waals surface area contributed by atoms with E-state index >= 15 is 0 Å². The van der Waals surface area contributed by atoms with Crippen molar-refractivity contribution in [3.05, 3.63) is 28.8 Å². The average Bonchev–Trinajstić information content (AvgIpc) is 2.29. The van der Waals surface area contributed by atoms with E-state index in [1.807, 2.05) is 6.92 Å². The van der Waals surface area contributed by atoms with Crippen LogP contribution in [0, 0.1) is 5.92 Å². The van der Waals surface area contributed by atoms with Gasteiger partial charge in [-0.3, -0.25) is 4.79 Å². The Labute approximate surface area is 105 Å². The summed E-state index contributed by atoms with van der Waals surface area (Å²) in [5.74, 6) is -0.0415. The van der Waals surface area contributed by atoms with E-state index in [1.54, 1.807) is 6.07 Å². The van der Waals surface area contributed by atoms with Crippen LogP contribution in [0.2, 0.25) is 5.02 Å². The van der Waals surface area contributed by atoms with E-state index in [1.165, 1.54) is 12.1 Å². The quantitative estimate of drug-likeness (QED) is 0.745. The maximum Gasteiger partial charge on any atom is 0.224 e. The second kappa shape index (κ2) is 6.47. The van der Waals surface area contributed by atoms with Crippen molar-refractivity contribution in [3.8, 4) is 5.75 Å². The van der Waals surface area contributed by atoms with Crippen molar-refractivity contribution in [2.45, 2.75) is 13.3 Å². The number of rotatable bonds is 5. The van der Waals surface area contributed by atoms with Crippen LogP contribution in [0.1, 0.15) is 12.5 Å². The van der Waals surface area contributed by atoms with Crippen LogP contribution in [-0.4, -0.2) is 29.3 Å². The molecule has 94 valence electrons. The molecular formula is C12H16ClNO3. The topological polar surface area (TPSA) is 69.6 Å². The molecule has 1 rings (SSSR count). The molecular weight excluding hydrogens is 242 g/mol. The van der Waals surface area contributed by atoms with Crippen LogP contribution in [0.25, 0.3) is 0 Å². The lowest BCUT2D eigenvalue weighted by molar-refractivity contribution is -0.120. The first-order valence-electron chi connectivity index (χ1n) is 5.38. The van der Waals surface area contributed by atoms with E-state index in [4.69, 9.17) is 21.8 Å². The summed E-state index contributed by atoms with van der Waals surface area (Å²) < 4.78 is 0. The van der Waals surface area contributed by atoms with Crippen LogP contribution in [0.5, 0.6) is 5.75 Å². The number of phenolic OH excluding ortho intramolecular Hbond substituents is 1. The molecule has 0 radical (unpaired) electrons. The van der Waals surface area contributed by atoms with Gasteiger partial charge in [-0.2, -0.15) is 0 Å². The minimum absolute atomic E-state index is 0.0363. The normalized spacial score (nSPS) is 12.2. The van der Waals surface area contributed by atoms with Gasteiger partial charge in [0.1, 0.15) is 5.75 Å². The summed E-state index contributed by atoms with van der Waals surface area (Å²) in [5.41, 5.74) is 0.665. The highest BCUT2D eigenvalue weighted by molar-refractivity contribution is 6.31. The number of aliphatic hydroxyl groups excluding tert-OH is 1. The third kappa shape index (κ3) is 4.63. The van der Waals surface area contributed by atoms with Gasteiger partial charge in [0.25, 0.3) is 0 Å². The Hall–Kier alpha value is -1.26. The number of nitrogens with one attached hydrogen (secondary N) is 1. The molecule has 0 unspecified atom stereocenters. The Kier molecular flexibility index (Phi) is 5.25. The lowest BCUT2D eigenvalue weighted by Crippen LogP contribution is -2.30. The van der Waals surface area contributed by atoms with Gasteiger partial charge in [0.15, 0.2) is 0 Å². The minimum atomic E-state index is -0.155. The fourth-order valence-corrected chi connectivity index (χ4v) is 1.51. The van der Waals surface area contributed by atoms with Crippen LogP contribution in [0.3, 0.4) is 0 Å². The molecule has 0 heterocycles. The fraction of sp³-hybridized carbons (Fsp3) is 0.417. The second-order valence-electron chi connectivity index (χ2n) is 4.04. The SMILES string of the molecule is C[C@@H](CO)CNC(=O)Cc1ccc(O)cc1Cl. The number of halogens is 1. The lowest BCUT2D eigenvalue weighted by Gasteiger charge is -2.10. The standard InChI is InChI=1S/C12H16ClNO3/c1-8(7-15)6-14-12(17)4-9-2-3-10(16)5-11(9)13/h2-3,5,8,15-16H,4,6-7H2,1H3,(H,14,17)/t8-/m1/s1. The van der Waals surface area contributed by atoms with Gasteiger partial charge in [-0.25, -0.2) is 0 Å². The number of aliphatic hydroxyl groups is 1.